The first-order valence-corrected chi connectivity index (χ1v) is 15.7. The predicted molar refractivity (Wildman–Crippen MR) is 144 cm³/mol. The molecule has 0 spiro atoms. The number of rotatable bonds is 14. The smallest absolute Gasteiger partial charge is 0.303 e. The van der Waals surface area contributed by atoms with Crippen molar-refractivity contribution in [2.75, 3.05) is 31.9 Å². The lowest BCUT2D eigenvalue weighted by Gasteiger charge is -2.18. The van der Waals surface area contributed by atoms with Crippen LogP contribution in [0.2, 0.25) is 10.0 Å². The van der Waals surface area contributed by atoms with E-state index in [1.54, 1.807) is 0 Å². The highest BCUT2D eigenvalue weighted by molar-refractivity contribution is 7.91. The van der Waals surface area contributed by atoms with Crippen LogP contribution >= 0.6 is 34.8 Å². The van der Waals surface area contributed by atoms with Crippen molar-refractivity contribution >= 4 is 66.6 Å². The highest BCUT2D eigenvalue weighted by Crippen LogP contribution is 2.37. The van der Waals surface area contributed by atoms with E-state index in [-0.39, 0.29) is 57.0 Å². The van der Waals surface area contributed by atoms with Gasteiger partial charge in [0.15, 0.2) is 5.75 Å². The molecule has 0 heterocycles. The summed E-state index contributed by atoms with van der Waals surface area (Å²) >= 11 is 18.2. The number of sulfone groups is 1. The van der Waals surface area contributed by atoms with Crippen molar-refractivity contribution < 1.29 is 45.4 Å². The van der Waals surface area contributed by atoms with Crippen LogP contribution in [0.3, 0.4) is 0 Å². The molecular weight excluding hydrogens is 621 g/mol. The molecule has 11 nitrogen and oxygen atoms in total. The normalized spacial score (nSPS) is 13.3. The number of sulfonamides is 1. The van der Waals surface area contributed by atoms with E-state index in [1.807, 2.05) is 0 Å². The summed E-state index contributed by atoms with van der Waals surface area (Å²) in [6.07, 6.45) is -0.721. The quantitative estimate of drug-likeness (QED) is 0.239. The number of carbonyl (C=O) groups is 2. The van der Waals surface area contributed by atoms with Crippen LogP contribution in [0.25, 0.3) is 0 Å². The van der Waals surface area contributed by atoms with Gasteiger partial charge in [-0.25, -0.2) is 21.6 Å². The third-order valence-electron chi connectivity index (χ3n) is 4.68. The standard InChI is InChI=1S/C23H26Cl3NO10S2/c1-14(28)36-17(10-24)12-35-23-21(25)8-20(9-22(23)26)39(32,33)19-6-4-16(5-7-19)34-13-18(37-15(2)29)11-27-38(3,30)31/h4-9,17-18,27H,10-13H2,1-3H3. The van der Waals surface area contributed by atoms with Gasteiger partial charge in [0, 0.05) is 13.8 Å². The van der Waals surface area contributed by atoms with Crippen molar-refractivity contribution in [3.05, 3.63) is 46.4 Å². The first-order valence-electron chi connectivity index (χ1n) is 11.1. The molecule has 0 aliphatic heterocycles. The van der Waals surface area contributed by atoms with Crippen molar-refractivity contribution in [3.8, 4) is 11.5 Å². The summed E-state index contributed by atoms with van der Waals surface area (Å²) < 4.78 is 72.3. The van der Waals surface area contributed by atoms with Crippen LogP contribution in [0.15, 0.2) is 46.2 Å². The Hall–Kier alpha value is -2.29. The van der Waals surface area contributed by atoms with Gasteiger partial charge < -0.3 is 18.9 Å². The topological polar surface area (TPSA) is 151 Å². The molecular formula is C23H26Cl3NO10S2. The minimum Gasteiger partial charge on any atom is -0.490 e. The summed E-state index contributed by atoms with van der Waals surface area (Å²) in [5.41, 5.74) is 0. The maximum Gasteiger partial charge on any atom is 0.303 e. The zero-order valence-electron chi connectivity index (χ0n) is 21.0. The Morgan fingerprint density at radius 2 is 1.36 bits per heavy atom. The largest absolute Gasteiger partial charge is 0.490 e. The fourth-order valence-electron chi connectivity index (χ4n) is 3.00. The van der Waals surface area contributed by atoms with Gasteiger partial charge in [-0.15, -0.1) is 11.6 Å². The summed E-state index contributed by atoms with van der Waals surface area (Å²) in [6.45, 7) is 1.84. The molecule has 1 N–H and O–H groups in total. The summed E-state index contributed by atoms with van der Waals surface area (Å²) in [5, 5.41) is -0.173. The Balaban J connectivity index is 2.14. The van der Waals surface area contributed by atoms with Crippen LogP contribution in [0.5, 0.6) is 11.5 Å². The number of hydrogen-bond donors (Lipinski definition) is 1. The summed E-state index contributed by atoms with van der Waals surface area (Å²) in [6, 6.07) is 7.67. The lowest BCUT2D eigenvalue weighted by atomic mass is 10.3. The van der Waals surface area contributed by atoms with Crippen molar-refractivity contribution in [1.29, 1.82) is 0 Å². The Morgan fingerprint density at radius 1 is 0.846 bits per heavy atom. The number of nitrogens with one attached hydrogen (secondary N) is 1. The summed E-state index contributed by atoms with van der Waals surface area (Å²) in [7, 11) is -7.58. The third-order valence-corrected chi connectivity index (χ3v) is 8.02. The highest BCUT2D eigenvalue weighted by Gasteiger charge is 2.23. The first-order chi connectivity index (χ1) is 18.1. The SMILES string of the molecule is CC(=O)OC(CNS(C)(=O)=O)COc1ccc(S(=O)(=O)c2cc(Cl)c(OCC(CCl)OC(C)=O)c(Cl)c2)cc1. The van der Waals surface area contributed by atoms with Gasteiger partial charge in [-0.05, 0) is 36.4 Å². The second-order valence-electron chi connectivity index (χ2n) is 8.05. The molecule has 0 aliphatic rings. The minimum absolute atomic E-state index is 0.00371. The molecule has 0 fully saturated rings. The van der Waals surface area contributed by atoms with E-state index in [9.17, 15) is 26.4 Å². The molecule has 0 saturated heterocycles. The molecule has 16 heteroatoms. The van der Waals surface area contributed by atoms with Gasteiger partial charge in [0.05, 0.1) is 38.5 Å². The molecule has 2 aromatic carbocycles. The van der Waals surface area contributed by atoms with Gasteiger partial charge in [-0.1, -0.05) is 23.2 Å². The average Bonchev–Trinajstić information content (AvgIpc) is 2.83. The number of benzene rings is 2. The van der Waals surface area contributed by atoms with Crippen LogP contribution in [-0.2, 0) is 38.9 Å². The van der Waals surface area contributed by atoms with E-state index in [0.29, 0.717) is 0 Å². The van der Waals surface area contributed by atoms with Crippen LogP contribution < -0.4 is 14.2 Å². The number of hydrogen-bond acceptors (Lipinski definition) is 10. The van der Waals surface area contributed by atoms with E-state index in [1.165, 1.54) is 50.2 Å². The van der Waals surface area contributed by atoms with Gasteiger partial charge in [-0.2, -0.15) is 0 Å². The Kier molecular flexibility index (Phi) is 12.1. The molecule has 0 amide bonds. The molecule has 2 unspecified atom stereocenters. The van der Waals surface area contributed by atoms with E-state index >= 15 is 0 Å². The zero-order valence-corrected chi connectivity index (χ0v) is 24.9. The van der Waals surface area contributed by atoms with Gasteiger partial charge in [-0.3, -0.25) is 9.59 Å². The molecule has 0 radical (unpaired) electrons. The monoisotopic (exact) mass is 645 g/mol. The number of carbonyl (C=O) groups excluding carboxylic acids is 2. The van der Waals surface area contributed by atoms with Crippen molar-refractivity contribution in [1.82, 2.24) is 4.72 Å². The lowest BCUT2D eigenvalue weighted by Crippen LogP contribution is -2.37. The molecule has 0 bridgehead atoms. The van der Waals surface area contributed by atoms with Crippen molar-refractivity contribution in [2.45, 2.75) is 35.8 Å². The van der Waals surface area contributed by atoms with E-state index in [0.717, 1.165) is 6.26 Å². The molecule has 0 aliphatic carbocycles. The molecule has 2 aromatic rings. The van der Waals surface area contributed by atoms with E-state index in [2.05, 4.69) is 4.72 Å². The Labute approximate surface area is 241 Å². The molecule has 2 atom stereocenters. The Bertz CT molecular complexity index is 1360. The van der Waals surface area contributed by atoms with Crippen LogP contribution in [-0.4, -0.2) is 72.9 Å². The lowest BCUT2D eigenvalue weighted by molar-refractivity contribution is -0.148. The zero-order chi connectivity index (χ0) is 29.4. The second-order valence-corrected chi connectivity index (χ2v) is 13.0. The Morgan fingerprint density at radius 3 is 1.85 bits per heavy atom. The number of ether oxygens (including phenoxy) is 4. The van der Waals surface area contributed by atoms with Crippen LogP contribution in [0.4, 0.5) is 0 Å². The fourth-order valence-corrected chi connectivity index (χ4v) is 5.68. The van der Waals surface area contributed by atoms with Crippen molar-refractivity contribution in [3.63, 3.8) is 0 Å². The number of esters is 2. The van der Waals surface area contributed by atoms with Crippen molar-refractivity contribution in [2.24, 2.45) is 0 Å². The maximum absolute atomic E-state index is 13.2. The van der Waals surface area contributed by atoms with E-state index < -0.39 is 44.0 Å². The molecule has 0 saturated carbocycles. The molecule has 0 aromatic heterocycles. The molecule has 216 valence electrons. The molecule has 2 rings (SSSR count). The highest BCUT2D eigenvalue weighted by atomic mass is 35.5. The van der Waals surface area contributed by atoms with E-state index in [4.69, 9.17) is 53.8 Å². The molecule has 39 heavy (non-hydrogen) atoms. The average molecular weight is 647 g/mol. The summed E-state index contributed by atoms with van der Waals surface area (Å²) in [5.74, 6) is -0.976. The second kappa shape index (κ2) is 14.4. The minimum atomic E-state index is -4.06. The van der Waals surface area contributed by atoms with Gasteiger partial charge in [0.25, 0.3) is 0 Å². The fraction of sp³-hybridized carbons (Fsp3) is 0.391. The maximum atomic E-state index is 13.2. The van der Waals surface area contributed by atoms with Gasteiger partial charge >= 0.3 is 11.9 Å². The number of halogens is 3. The summed E-state index contributed by atoms with van der Waals surface area (Å²) in [4.78, 5) is 22.1. The third kappa shape index (κ3) is 10.7. The van der Waals surface area contributed by atoms with Crippen LogP contribution in [0, 0.1) is 0 Å². The predicted octanol–water partition coefficient (Wildman–Crippen LogP) is 3.24. The van der Waals surface area contributed by atoms with Crippen LogP contribution in [0.1, 0.15) is 13.8 Å². The van der Waals surface area contributed by atoms with Gasteiger partial charge in [0.1, 0.15) is 31.2 Å². The van der Waals surface area contributed by atoms with Gasteiger partial charge in [0.2, 0.25) is 19.9 Å². The number of alkyl halides is 1. The first kappa shape index (κ1) is 32.9.